The normalized spacial score (nSPS) is 26.1. The first kappa shape index (κ1) is 13.2. The minimum Gasteiger partial charge on any atom is -0.378 e. The van der Waals surface area contributed by atoms with Gasteiger partial charge in [-0.3, -0.25) is 0 Å². The SMILES string of the molecule is Clc1cccc(Cl)c1[C@@H]1Nc2ccccc2[C@@H]2C=CC[C@@H]21. The summed E-state index contributed by atoms with van der Waals surface area (Å²) >= 11 is 12.9. The standard InChI is InChI=1S/C18H15Cl2N/c19-14-8-4-9-15(20)17(14)18-13-7-3-6-11(13)12-5-1-2-10-16(12)21-18/h1-6,8-11,13,18,21H,7H2/t11-,13-,18+/m0/s1. The van der Waals surface area contributed by atoms with Crippen LogP contribution in [-0.2, 0) is 0 Å². The summed E-state index contributed by atoms with van der Waals surface area (Å²) in [6, 6.07) is 14.4. The van der Waals surface area contributed by atoms with Gasteiger partial charge in [0.1, 0.15) is 0 Å². The second kappa shape index (κ2) is 5.08. The zero-order chi connectivity index (χ0) is 14.4. The molecule has 1 nitrogen and oxygen atoms in total. The Balaban J connectivity index is 1.85. The van der Waals surface area contributed by atoms with Crippen molar-refractivity contribution in [3.8, 4) is 0 Å². The lowest BCUT2D eigenvalue weighted by Gasteiger charge is -2.38. The molecule has 3 atom stereocenters. The summed E-state index contributed by atoms with van der Waals surface area (Å²) in [6.45, 7) is 0. The van der Waals surface area contributed by atoms with E-state index in [0.29, 0.717) is 11.8 Å². The number of hydrogen-bond donors (Lipinski definition) is 1. The summed E-state index contributed by atoms with van der Waals surface area (Å²) in [4.78, 5) is 0. The number of fused-ring (bicyclic) bond motifs is 3. The third-order valence-corrected chi connectivity index (χ3v) is 5.24. The molecule has 0 radical (unpaired) electrons. The van der Waals surface area contributed by atoms with Gasteiger partial charge in [-0.2, -0.15) is 0 Å². The van der Waals surface area contributed by atoms with Crippen molar-refractivity contribution in [1.82, 2.24) is 0 Å². The van der Waals surface area contributed by atoms with E-state index in [4.69, 9.17) is 23.2 Å². The molecule has 1 heterocycles. The first-order chi connectivity index (χ1) is 10.3. The van der Waals surface area contributed by atoms with Crippen molar-refractivity contribution in [2.45, 2.75) is 18.4 Å². The van der Waals surface area contributed by atoms with E-state index < -0.39 is 0 Å². The van der Waals surface area contributed by atoms with Crippen molar-refractivity contribution >= 4 is 28.9 Å². The van der Waals surface area contributed by atoms with Crippen LogP contribution < -0.4 is 5.32 Å². The van der Waals surface area contributed by atoms with Gasteiger partial charge in [-0.1, -0.05) is 59.6 Å². The molecular weight excluding hydrogens is 301 g/mol. The summed E-state index contributed by atoms with van der Waals surface area (Å²) in [7, 11) is 0. The molecule has 0 unspecified atom stereocenters. The molecule has 0 amide bonds. The zero-order valence-corrected chi connectivity index (χ0v) is 12.9. The van der Waals surface area contributed by atoms with Crippen LogP contribution in [0.15, 0.2) is 54.6 Å². The molecule has 0 fully saturated rings. The Hall–Kier alpha value is -1.44. The Labute approximate surface area is 134 Å². The van der Waals surface area contributed by atoms with Crippen LogP contribution in [-0.4, -0.2) is 0 Å². The quantitative estimate of drug-likeness (QED) is 0.654. The molecule has 1 aliphatic carbocycles. The van der Waals surface area contributed by atoms with E-state index in [1.807, 2.05) is 18.2 Å². The molecule has 0 spiro atoms. The van der Waals surface area contributed by atoms with Crippen molar-refractivity contribution in [1.29, 1.82) is 0 Å². The highest BCUT2D eigenvalue weighted by molar-refractivity contribution is 6.36. The van der Waals surface area contributed by atoms with E-state index in [1.165, 1.54) is 11.3 Å². The van der Waals surface area contributed by atoms with Gasteiger partial charge in [0, 0.05) is 27.2 Å². The van der Waals surface area contributed by atoms with E-state index >= 15 is 0 Å². The van der Waals surface area contributed by atoms with Crippen molar-refractivity contribution in [2.24, 2.45) is 5.92 Å². The van der Waals surface area contributed by atoms with Crippen molar-refractivity contribution in [3.63, 3.8) is 0 Å². The van der Waals surface area contributed by atoms with Crippen LogP contribution in [0.25, 0.3) is 0 Å². The van der Waals surface area contributed by atoms with Gasteiger partial charge in [-0.15, -0.1) is 0 Å². The lowest BCUT2D eigenvalue weighted by molar-refractivity contribution is 0.426. The van der Waals surface area contributed by atoms with Gasteiger partial charge in [-0.05, 0) is 36.1 Å². The van der Waals surface area contributed by atoms with Crippen LogP contribution in [0.1, 0.15) is 29.5 Å². The molecule has 0 saturated heterocycles. The van der Waals surface area contributed by atoms with Crippen LogP contribution in [0.4, 0.5) is 5.69 Å². The lowest BCUT2D eigenvalue weighted by Crippen LogP contribution is -2.29. The van der Waals surface area contributed by atoms with Crippen LogP contribution in [0.3, 0.4) is 0 Å². The second-order valence-electron chi connectivity index (χ2n) is 5.70. The van der Waals surface area contributed by atoms with Crippen LogP contribution in [0.5, 0.6) is 0 Å². The highest BCUT2D eigenvalue weighted by Crippen LogP contribution is 2.51. The maximum Gasteiger partial charge on any atom is 0.0583 e. The fourth-order valence-electron chi connectivity index (χ4n) is 3.64. The van der Waals surface area contributed by atoms with Crippen LogP contribution in [0.2, 0.25) is 10.0 Å². The first-order valence-corrected chi connectivity index (χ1v) is 7.97. The zero-order valence-electron chi connectivity index (χ0n) is 11.4. The van der Waals surface area contributed by atoms with Crippen LogP contribution in [0, 0.1) is 5.92 Å². The van der Waals surface area contributed by atoms with E-state index in [2.05, 4.69) is 41.7 Å². The smallest absolute Gasteiger partial charge is 0.0583 e. The highest BCUT2D eigenvalue weighted by Gasteiger charge is 2.39. The number of rotatable bonds is 1. The van der Waals surface area contributed by atoms with Crippen molar-refractivity contribution < 1.29 is 0 Å². The Morgan fingerprint density at radius 3 is 2.52 bits per heavy atom. The summed E-state index contributed by atoms with van der Waals surface area (Å²) in [5.74, 6) is 0.914. The highest BCUT2D eigenvalue weighted by atomic mass is 35.5. The number of anilines is 1. The number of halogens is 2. The fourth-order valence-corrected chi connectivity index (χ4v) is 4.27. The van der Waals surface area contributed by atoms with E-state index in [-0.39, 0.29) is 6.04 Å². The second-order valence-corrected chi connectivity index (χ2v) is 6.51. The molecule has 4 rings (SSSR count). The van der Waals surface area contributed by atoms with Gasteiger partial charge in [0.15, 0.2) is 0 Å². The summed E-state index contributed by atoms with van der Waals surface area (Å²) < 4.78 is 0. The molecule has 1 aliphatic heterocycles. The largest absolute Gasteiger partial charge is 0.378 e. The van der Waals surface area contributed by atoms with Gasteiger partial charge in [0.05, 0.1) is 6.04 Å². The first-order valence-electron chi connectivity index (χ1n) is 7.22. The Kier molecular flexibility index (Phi) is 3.20. The van der Waals surface area contributed by atoms with E-state index in [1.54, 1.807) is 0 Å². The van der Waals surface area contributed by atoms with Crippen molar-refractivity contribution in [2.75, 3.05) is 5.32 Å². The molecule has 1 N–H and O–H groups in total. The summed E-state index contributed by atoms with van der Waals surface area (Å²) in [5, 5.41) is 5.14. The van der Waals surface area contributed by atoms with Gasteiger partial charge in [0.25, 0.3) is 0 Å². The van der Waals surface area contributed by atoms with Crippen LogP contribution >= 0.6 is 23.2 Å². The summed E-state index contributed by atoms with van der Waals surface area (Å²) in [6.07, 6.45) is 5.65. The topological polar surface area (TPSA) is 12.0 Å². The molecule has 0 bridgehead atoms. The number of para-hydroxylation sites is 1. The maximum absolute atomic E-state index is 6.44. The monoisotopic (exact) mass is 315 g/mol. The third kappa shape index (κ3) is 2.07. The summed E-state index contributed by atoms with van der Waals surface area (Å²) in [5.41, 5.74) is 3.58. The number of nitrogens with one attached hydrogen (secondary N) is 1. The Morgan fingerprint density at radius 2 is 1.71 bits per heavy atom. The Bertz CT molecular complexity index is 703. The van der Waals surface area contributed by atoms with E-state index in [9.17, 15) is 0 Å². The minimum absolute atomic E-state index is 0.154. The van der Waals surface area contributed by atoms with Gasteiger partial charge in [0.2, 0.25) is 0 Å². The molecular formula is C18H15Cl2N. The predicted octanol–water partition coefficient (Wildman–Crippen LogP) is 5.82. The number of hydrogen-bond acceptors (Lipinski definition) is 1. The van der Waals surface area contributed by atoms with E-state index in [0.717, 1.165) is 22.0 Å². The van der Waals surface area contributed by atoms with Gasteiger partial charge < -0.3 is 5.32 Å². The Morgan fingerprint density at radius 1 is 0.952 bits per heavy atom. The maximum atomic E-state index is 6.44. The molecule has 2 aliphatic rings. The lowest BCUT2D eigenvalue weighted by atomic mass is 9.77. The molecule has 21 heavy (non-hydrogen) atoms. The van der Waals surface area contributed by atoms with Crippen molar-refractivity contribution in [3.05, 3.63) is 75.8 Å². The average Bonchev–Trinajstić information content (AvgIpc) is 2.97. The minimum atomic E-state index is 0.154. The van der Waals surface area contributed by atoms with Gasteiger partial charge in [-0.25, -0.2) is 0 Å². The van der Waals surface area contributed by atoms with Gasteiger partial charge >= 0.3 is 0 Å². The third-order valence-electron chi connectivity index (χ3n) is 4.58. The predicted molar refractivity (Wildman–Crippen MR) is 89.3 cm³/mol. The molecule has 2 aromatic rings. The molecule has 0 saturated carbocycles. The molecule has 2 aromatic carbocycles. The average molecular weight is 316 g/mol. The number of benzene rings is 2. The number of allylic oxidation sites excluding steroid dienone is 2. The fraction of sp³-hybridized carbons (Fsp3) is 0.222. The molecule has 106 valence electrons. The molecule has 3 heteroatoms. The molecule has 0 aromatic heterocycles.